The molecule has 0 radical (unpaired) electrons. The predicted octanol–water partition coefficient (Wildman–Crippen LogP) is 2.22. The molecule has 74 valence electrons. The normalized spacial score (nSPS) is 10.8. The fourth-order valence-corrected chi connectivity index (χ4v) is 1.46. The van der Waals surface area contributed by atoms with Gasteiger partial charge in [-0.25, -0.2) is 0 Å². The number of aryl methyl sites for hydroxylation is 1. The average Bonchev–Trinajstić information content (AvgIpc) is 2.66. The van der Waals surface area contributed by atoms with Crippen LogP contribution in [0.2, 0.25) is 5.22 Å². The van der Waals surface area contributed by atoms with Gasteiger partial charge in [0.1, 0.15) is 11.5 Å². The van der Waals surface area contributed by atoms with Gasteiger partial charge in [-0.3, -0.25) is 4.68 Å². The van der Waals surface area contributed by atoms with Crippen LogP contribution in [0.3, 0.4) is 0 Å². The Morgan fingerprint density at radius 2 is 2.21 bits per heavy atom. The Bertz CT molecular complexity index is 472. The van der Waals surface area contributed by atoms with Crippen molar-refractivity contribution >= 4 is 17.4 Å². The molecule has 2 heterocycles. The molecule has 0 saturated carbocycles. The minimum absolute atomic E-state index is 0.351. The first-order valence-electron chi connectivity index (χ1n) is 4.14. The second-order valence-corrected chi connectivity index (χ2v) is 3.46. The molecule has 0 aromatic carbocycles. The van der Waals surface area contributed by atoms with Gasteiger partial charge < -0.3 is 10.2 Å². The predicted molar refractivity (Wildman–Crippen MR) is 55.1 cm³/mol. The lowest BCUT2D eigenvalue weighted by Gasteiger charge is -1.92. The van der Waals surface area contributed by atoms with Crippen LogP contribution in [-0.4, -0.2) is 9.78 Å². The highest BCUT2D eigenvalue weighted by atomic mass is 35.5. The molecule has 2 N–H and O–H groups in total. The topological polar surface area (TPSA) is 57.0 Å². The van der Waals surface area contributed by atoms with Crippen molar-refractivity contribution in [3.8, 4) is 11.5 Å². The van der Waals surface area contributed by atoms with E-state index in [2.05, 4.69) is 5.10 Å². The molecular formula is C9H10ClN3O. The van der Waals surface area contributed by atoms with Gasteiger partial charge in [-0.1, -0.05) is 0 Å². The molecule has 2 aromatic rings. The Kier molecular flexibility index (Phi) is 2.00. The van der Waals surface area contributed by atoms with Crippen LogP contribution in [0.25, 0.3) is 11.5 Å². The van der Waals surface area contributed by atoms with Crippen LogP contribution in [0.1, 0.15) is 5.56 Å². The van der Waals surface area contributed by atoms with E-state index in [1.807, 2.05) is 6.92 Å². The molecule has 0 bridgehead atoms. The van der Waals surface area contributed by atoms with E-state index in [1.165, 1.54) is 0 Å². The van der Waals surface area contributed by atoms with Gasteiger partial charge in [0.05, 0.1) is 0 Å². The molecule has 0 aliphatic rings. The van der Waals surface area contributed by atoms with Gasteiger partial charge in [-0.2, -0.15) is 5.10 Å². The summed E-state index contributed by atoms with van der Waals surface area (Å²) in [4.78, 5) is 0. The Labute approximate surface area is 86.3 Å². The van der Waals surface area contributed by atoms with Crippen LogP contribution in [0, 0.1) is 6.92 Å². The number of rotatable bonds is 1. The molecule has 2 rings (SSSR count). The zero-order valence-electron chi connectivity index (χ0n) is 7.91. The molecule has 0 aliphatic heterocycles. The molecule has 0 amide bonds. The summed E-state index contributed by atoms with van der Waals surface area (Å²) in [5.74, 6) is 1.27. The van der Waals surface area contributed by atoms with Crippen molar-refractivity contribution in [1.82, 2.24) is 9.78 Å². The summed E-state index contributed by atoms with van der Waals surface area (Å²) in [6.07, 6.45) is 0. The van der Waals surface area contributed by atoms with Crippen molar-refractivity contribution in [1.29, 1.82) is 0 Å². The number of anilines is 1. The van der Waals surface area contributed by atoms with Gasteiger partial charge in [-0.05, 0) is 30.7 Å². The fourth-order valence-electron chi connectivity index (χ4n) is 1.32. The third-order valence-electron chi connectivity index (χ3n) is 2.14. The molecule has 0 aliphatic carbocycles. The first-order chi connectivity index (χ1) is 6.59. The second kappa shape index (κ2) is 3.06. The molecular weight excluding hydrogens is 202 g/mol. The van der Waals surface area contributed by atoms with Crippen LogP contribution in [0.5, 0.6) is 0 Å². The third kappa shape index (κ3) is 1.28. The molecule has 2 aromatic heterocycles. The molecule has 4 nitrogen and oxygen atoms in total. The van der Waals surface area contributed by atoms with Crippen molar-refractivity contribution in [2.24, 2.45) is 7.05 Å². The maximum atomic E-state index is 5.77. The van der Waals surface area contributed by atoms with Gasteiger partial charge in [0.25, 0.3) is 0 Å². The highest BCUT2D eigenvalue weighted by Gasteiger charge is 2.14. The number of aromatic nitrogens is 2. The number of halogens is 1. The lowest BCUT2D eigenvalue weighted by molar-refractivity contribution is 0.579. The number of hydrogen-bond acceptors (Lipinski definition) is 3. The van der Waals surface area contributed by atoms with E-state index in [1.54, 1.807) is 23.9 Å². The molecule has 0 atom stereocenters. The summed E-state index contributed by atoms with van der Waals surface area (Å²) in [6.45, 7) is 1.90. The van der Waals surface area contributed by atoms with E-state index in [0.29, 0.717) is 16.8 Å². The van der Waals surface area contributed by atoms with Crippen molar-refractivity contribution in [2.75, 3.05) is 5.73 Å². The van der Waals surface area contributed by atoms with E-state index < -0.39 is 0 Å². The van der Waals surface area contributed by atoms with E-state index in [-0.39, 0.29) is 0 Å². The van der Waals surface area contributed by atoms with Crippen molar-refractivity contribution < 1.29 is 4.42 Å². The smallest absolute Gasteiger partial charge is 0.194 e. The zero-order chi connectivity index (χ0) is 10.3. The SMILES string of the molecule is Cc1c(-c2ccc(Cl)o2)nn(C)c1N. The van der Waals surface area contributed by atoms with Crippen LogP contribution >= 0.6 is 11.6 Å². The molecule has 0 spiro atoms. The maximum Gasteiger partial charge on any atom is 0.194 e. The Morgan fingerprint density at radius 1 is 1.50 bits per heavy atom. The van der Waals surface area contributed by atoms with Crippen molar-refractivity contribution in [3.05, 3.63) is 22.9 Å². The van der Waals surface area contributed by atoms with Crippen molar-refractivity contribution in [2.45, 2.75) is 6.92 Å². The largest absolute Gasteiger partial charge is 0.443 e. The van der Waals surface area contributed by atoms with Crippen molar-refractivity contribution in [3.63, 3.8) is 0 Å². The van der Waals surface area contributed by atoms with E-state index >= 15 is 0 Å². The monoisotopic (exact) mass is 211 g/mol. The first-order valence-corrected chi connectivity index (χ1v) is 4.52. The van der Waals surface area contributed by atoms with Gasteiger partial charge in [0, 0.05) is 12.6 Å². The lowest BCUT2D eigenvalue weighted by atomic mass is 10.2. The van der Waals surface area contributed by atoms with Gasteiger partial charge in [-0.15, -0.1) is 0 Å². The summed E-state index contributed by atoms with van der Waals surface area (Å²) in [5, 5.41) is 4.58. The Hall–Kier alpha value is -1.42. The minimum Gasteiger partial charge on any atom is -0.443 e. The standard InChI is InChI=1S/C9H10ClN3O/c1-5-8(12-13(2)9(5)11)6-3-4-7(10)14-6/h3-4H,11H2,1-2H3. The Balaban J connectivity index is 2.57. The molecule has 0 unspecified atom stereocenters. The summed E-state index contributed by atoms with van der Waals surface area (Å²) >= 11 is 5.68. The summed E-state index contributed by atoms with van der Waals surface area (Å²) < 4.78 is 6.86. The van der Waals surface area contributed by atoms with Crippen LogP contribution in [0.4, 0.5) is 5.82 Å². The second-order valence-electron chi connectivity index (χ2n) is 3.09. The average molecular weight is 212 g/mol. The first kappa shape index (κ1) is 9.15. The van der Waals surface area contributed by atoms with Gasteiger partial charge in [0.2, 0.25) is 0 Å². The lowest BCUT2D eigenvalue weighted by Crippen LogP contribution is -1.97. The van der Waals surface area contributed by atoms with E-state index in [0.717, 1.165) is 11.3 Å². The molecule has 5 heteroatoms. The highest BCUT2D eigenvalue weighted by molar-refractivity contribution is 6.28. The number of nitrogens with two attached hydrogens (primary N) is 1. The molecule has 0 saturated heterocycles. The highest BCUT2D eigenvalue weighted by Crippen LogP contribution is 2.28. The maximum absolute atomic E-state index is 5.77. The van der Waals surface area contributed by atoms with Gasteiger partial charge in [0.15, 0.2) is 11.0 Å². The number of nitrogens with zero attached hydrogens (tertiary/aromatic N) is 2. The quantitative estimate of drug-likeness (QED) is 0.787. The van der Waals surface area contributed by atoms with Crippen LogP contribution < -0.4 is 5.73 Å². The minimum atomic E-state index is 0.351. The van der Waals surface area contributed by atoms with Gasteiger partial charge >= 0.3 is 0 Å². The Morgan fingerprint density at radius 3 is 2.64 bits per heavy atom. The molecule has 0 fully saturated rings. The van der Waals surface area contributed by atoms with E-state index in [9.17, 15) is 0 Å². The number of furan rings is 1. The van der Waals surface area contributed by atoms with Crippen LogP contribution in [0.15, 0.2) is 16.5 Å². The fraction of sp³-hybridized carbons (Fsp3) is 0.222. The summed E-state index contributed by atoms with van der Waals surface area (Å²) in [7, 11) is 1.79. The van der Waals surface area contributed by atoms with Crippen LogP contribution in [-0.2, 0) is 7.05 Å². The number of hydrogen-bond donors (Lipinski definition) is 1. The third-order valence-corrected chi connectivity index (χ3v) is 2.35. The molecule has 14 heavy (non-hydrogen) atoms. The zero-order valence-corrected chi connectivity index (χ0v) is 8.67. The summed E-state index contributed by atoms with van der Waals surface area (Å²) in [6, 6.07) is 3.46. The number of nitrogen functional groups attached to an aromatic ring is 1. The van der Waals surface area contributed by atoms with E-state index in [4.69, 9.17) is 21.8 Å². The summed E-state index contributed by atoms with van der Waals surface area (Å²) in [5.41, 5.74) is 7.41.